The van der Waals surface area contributed by atoms with Gasteiger partial charge in [-0.3, -0.25) is 10.1 Å². The fourth-order valence-corrected chi connectivity index (χ4v) is 1.78. The van der Waals surface area contributed by atoms with Crippen LogP contribution in [0, 0.1) is 10.1 Å². The molecule has 20 heavy (non-hydrogen) atoms. The number of aromatic nitrogens is 1. The van der Waals surface area contributed by atoms with Crippen LogP contribution in [-0.2, 0) is 6.42 Å². The van der Waals surface area contributed by atoms with Crippen molar-refractivity contribution in [2.24, 2.45) is 5.84 Å². The fourth-order valence-electron chi connectivity index (χ4n) is 1.78. The first kappa shape index (κ1) is 13.8. The van der Waals surface area contributed by atoms with E-state index in [4.69, 9.17) is 5.84 Å². The molecule has 0 saturated heterocycles. The highest BCUT2D eigenvalue weighted by Crippen LogP contribution is 2.23. The van der Waals surface area contributed by atoms with Crippen molar-refractivity contribution >= 4 is 17.3 Å². The lowest BCUT2D eigenvalue weighted by Gasteiger charge is -2.08. The van der Waals surface area contributed by atoms with Gasteiger partial charge in [0, 0.05) is 12.6 Å². The van der Waals surface area contributed by atoms with E-state index in [9.17, 15) is 10.1 Å². The molecule has 0 bridgehead atoms. The van der Waals surface area contributed by atoms with Crippen molar-refractivity contribution in [2.75, 3.05) is 17.3 Å². The molecule has 0 amide bonds. The second-order valence-corrected chi connectivity index (χ2v) is 4.13. The standard InChI is InChI=1S/C13H15N5O2/c14-17-12-7-6-11(18(19)20)13(16-12)15-9-8-10-4-2-1-3-5-10/h1-7H,8-9,14H2,(H2,15,16,17). The first-order valence-corrected chi connectivity index (χ1v) is 6.10. The predicted molar refractivity (Wildman–Crippen MR) is 77.3 cm³/mol. The molecular formula is C13H15N5O2. The van der Waals surface area contributed by atoms with Crippen LogP contribution in [0.2, 0.25) is 0 Å². The number of nitro groups is 1. The summed E-state index contributed by atoms with van der Waals surface area (Å²) in [6.07, 6.45) is 0.750. The van der Waals surface area contributed by atoms with Crippen molar-refractivity contribution in [3.05, 3.63) is 58.1 Å². The van der Waals surface area contributed by atoms with Crippen molar-refractivity contribution < 1.29 is 4.92 Å². The third-order valence-electron chi connectivity index (χ3n) is 2.77. The Labute approximate surface area is 116 Å². The molecule has 2 aromatic rings. The van der Waals surface area contributed by atoms with Crippen LogP contribution in [0.15, 0.2) is 42.5 Å². The summed E-state index contributed by atoms with van der Waals surface area (Å²) in [5.41, 5.74) is 3.44. The Morgan fingerprint density at radius 1 is 1.20 bits per heavy atom. The number of hydrogen-bond acceptors (Lipinski definition) is 6. The number of hydrazine groups is 1. The van der Waals surface area contributed by atoms with Crippen LogP contribution >= 0.6 is 0 Å². The molecule has 0 radical (unpaired) electrons. The maximum Gasteiger partial charge on any atom is 0.311 e. The van der Waals surface area contributed by atoms with E-state index in [2.05, 4.69) is 15.7 Å². The Hall–Kier alpha value is -2.67. The van der Waals surface area contributed by atoms with Gasteiger partial charge in [-0.15, -0.1) is 0 Å². The first-order chi connectivity index (χ1) is 9.70. The quantitative estimate of drug-likeness (QED) is 0.422. The normalized spacial score (nSPS) is 10.1. The summed E-state index contributed by atoms with van der Waals surface area (Å²) in [5.74, 6) is 5.84. The van der Waals surface area contributed by atoms with Crippen LogP contribution in [-0.4, -0.2) is 16.5 Å². The Bertz CT molecular complexity index is 589. The second-order valence-electron chi connectivity index (χ2n) is 4.13. The molecule has 104 valence electrons. The number of nitrogen functional groups attached to an aromatic ring is 1. The fraction of sp³-hybridized carbons (Fsp3) is 0.154. The van der Waals surface area contributed by atoms with Crippen LogP contribution in [0.4, 0.5) is 17.3 Å². The lowest BCUT2D eigenvalue weighted by Crippen LogP contribution is -2.12. The number of pyridine rings is 1. The van der Waals surface area contributed by atoms with Crippen LogP contribution in [0.1, 0.15) is 5.56 Å². The van der Waals surface area contributed by atoms with E-state index < -0.39 is 4.92 Å². The van der Waals surface area contributed by atoms with Crippen molar-refractivity contribution in [2.45, 2.75) is 6.42 Å². The highest BCUT2D eigenvalue weighted by atomic mass is 16.6. The molecule has 0 unspecified atom stereocenters. The summed E-state index contributed by atoms with van der Waals surface area (Å²) in [7, 11) is 0. The number of nitrogens with one attached hydrogen (secondary N) is 2. The molecule has 0 fully saturated rings. The molecular weight excluding hydrogens is 258 g/mol. The molecule has 0 aliphatic carbocycles. The first-order valence-electron chi connectivity index (χ1n) is 6.10. The van der Waals surface area contributed by atoms with Gasteiger partial charge in [0.25, 0.3) is 0 Å². The summed E-state index contributed by atoms with van der Waals surface area (Å²) in [5, 5.41) is 13.9. The van der Waals surface area contributed by atoms with Gasteiger partial charge in [0.1, 0.15) is 5.82 Å². The van der Waals surface area contributed by atoms with E-state index in [1.54, 1.807) is 0 Å². The van der Waals surface area contributed by atoms with Gasteiger partial charge >= 0.3 is 5.69 Å². The van der Waals surface area contributed by atoms with E-state index in [0.29, 0.717) is 12.4 Å². The smallest absolute Gasteiger partial charge is 0.311 e. The van der Waals surface area contributed by atoms with E-state index in [-0.39, 0.29) is 11.5 Å². The zero-order valence-electron chi connectivity index (χ0n) is 10.7. The van der Waals surface area contributed by atoms with Crippen molar-refractivity contribution in [1.29, 1.82) is 0 Å². The lowest BCUT2D eigenvalue weighted by molar-refractivity contribution is -0.384. The molecule has 2 rings (SSSR count). The highest BCUT2D eigenvalue weighted by Gasteiger charge is 2.15. The number of rotatable bonds is 6. The predicted octanol–water partition coefficient (Wildman–Crippen LogP) is 1.93. The molecule has 1 heterocycles. The summed E-state index contributed by atoms with van der Waals surface area (Å²) < 4.78 is 0. The Morgan fingerprint density at radius 3 is 2.60 bits per heavy atom. The minimum absolute atomic E-state index is 0.0722. The van der Waals surface area contributed by atoms with Gasteiger partial charge in [-0.2, -0.15) is 0 Å². The monoisotopic (exact) mass is 273 g/mol. The van der Waals surface area contributed by atoms with Crippen LogP contribution < -0.4 is 16.6 Å². The third-order valence-corrected chi connectivity index (χ3v) is 2.77. The topological polar surface area (TPSA) is 106 Å². The SMILES string of the molecule is NNc1ccc([N+](=O)[O-])c(NCCc2ccccc2)n1. The van der Waals surface area contributed by atoms with E-state index in [0.717, 1.165) is 12.0 Å². The summed E-state index contributed by atoms with van der Waals surface area (Å²) in [4.78, 5) is 14.5. The van der Waals surface area contributed by atoms with E-state index in [1.807, 2.05) is 30.3 Å². The lowest BCUT2D eigenvalue weighted by atomic mass is 10.1. The molecule has 1 aromatic heterocycles. The molecule has 0 aliphatic heterocycles. The summed E-state index contributed by atoms with van der Waals surface area (Å²) in [6.45, 7) is 0.547. The molecule has 1 aromatic carbocycles. The zero-order valence-corrected chi connectivity index (χ0v) is 10.7. The number of benzene rings is 1. The molecule has 0 atom stereocenters. The molecule has 0 aliphatic rings. The van der Waals surface area contributed by atoms with Crippen LogP contribution in [0.5, 0.6) is 0 Å². The van der Waals surface area contributed by atoms with Crippen molar-refractivity contribution in [3.63, 3.8) is 0 Å². The van der Waals surface area contributed by atoms with Gasteiger partial charge in [-0.05, 0) is 18.1 Å². The van der Waals surface area contributed by atoms with Crippen molar-refractivity contribution in [1.82, 2.24) is 4.98 Å². The van der Waals surface area contributed by atoms with Crippen molar-refractivity contribution in [3.8, 4) is 0 Å². The molecule has 4 N–H and O–H groups in total. The highest BCUT2D eigenvalue weighted by molar-refractivity contribution is 5.60. The molecule has 7 heteroatoms. The number of nitrogens with two attached hydrogens (primary N) is 1. The Morgan fingerprint density at radius 2 is 1.95 bits per heavy atom. The molecule has 7 nitrogen and oxygen atoms in total. The zero-order chi connectivity index (χ0) is 14.4. The van der Waals surface area contributed by atoms with Gasteiger partial charge in [0.05, 0.1) is 4.92 Å². The average Bonchev–Trinajstić information content (AvgIpc) is 2.48. The van der Waals surface area contributed by atoms with Gasteiger partial charge < -0.3 is 10.7 Å². The Kier molecular flexibility index (Phi) is 4.46. The maximum absolute atomic E-state index is 10.9. The summed E-state index contributed by atoms with van der Waals surface area (Å²) in [6, 6.07) is 12.7. The number of hydrogen-bond donors (Lipinski definition) is 3. The second kappa shape index (κ2) is 6.48. The van der Waals surface area contributed by atoms with E-state index in [1.165, 1.54) is 12.1 Å². The summed E-state index contributed by atoms with van der Waals surface area (Å²) >= 11 is 0. The average molecular weight is 273 g/mol. The largest absolute Gasteiger partial charge is 0.364 e. The van der Waals surface area contributed by atoms with Gasteiger partial charge in [0.15, 0.2) is 0 Å². The van der Waals surface area contributed by atoms with Gasteiger partial charge in [-0.25, -0.2) is 10.8 Å². The van der Waals surface area contributed by atoms with E-state index >= 15 is 0 Å². The molecule has 0 saturated carbocycles. The van der Waals surface area contributed by atoms with Crippen LogP contribution in [0.25, 0.3) is 0 Å². The van der Waals surface area contributed by atoms with Gasteiger partial charge in [-0.1, -0.05) is 30.3 Å². The maximum atomic E-state index is 10.9. The Balaban J connectivity index is 2.06. The number of nitrogens with zero attached hydrogens (tertiary/aromatic N) is 2. The van der Waals surface area contributed by atoms with Gasteiger partial charge in [0.2, 0.25) is 5.82 Å². The third kappa shape index (κ3) is 3.42. The minimum atomic E-state index is -0.474. The molecule has 0 spiro atoms. The number of anilines is 2. The van der Waals surface area contributed by atoms with Crippen LogP contribution in [0.3, 0.4) is 0 Å². The minimum Gasteiger partial charge on any atom is -0.364 e.